The van der Waals surface area contributed by atoms with Gasteiger partial charge in [-0.2, -0.15) is 8.75 Å². The molecule has 0 atom stereocenters. The molecular formula is C6H4N2S4. The lowest BCUT2D eigenvalue weighted by molar-refractivity contribution is 1.29. The van der Waals surface area contributed by atoms with Crippen LogP contribution in [-0.4, -0.2) is 8.75 Å². The van der Waals surface area contributed by atoms with Crippen LogP contribution in [0.3, 0.4) is 0 Å². The predicted octanol–water partition coefficient (Wildman–Crippen LogP) is 3.40. The Labute approximate surface area is 86.1 Å². The minimum absolute atomic E-state index is 1.05. The van der Waals surface area contributed by atoms with Crippen LogP contribution in [0, 0.1) is 0 Å². The summed E-state index contributed by atoms with van der Waals surface area (Å²) in [5.74, 6) is 0. The van der Waals surface area contributed by atoms with Crippen LogP contribution in [0.1, 0.15) is 0 Å². The van der Waals surface area contributed by atoms with Gasteiger partial charge in [-0.15, -0.1) is 0 Å². The normalized spacial score (nSPS) is 10.3. The van der Waals surface area contributed by atoms with E-state index >= 15 is 0 Å². The molecule has 12 heavy (non-hydrogen) atoms. The zero-order valence-corrected chi connectivity index (χ0v) is 9.10. The molecule has 2 nitrogen and oxygen atoms in total. The lowest BCUT2D eigenvalue weighted by atomic mass is 10.8. The summed E-state index contributed by atoms with van der Waals surface area (Å²) in [5.41, 5.74) is 0. The van der Waals surface area contributed by atoms with Crippen LogP contribution >= 0.6 is 44.7 Å². The van der Waals surface area contributed by atoms with Crippen molar-refractivity contribution in [1.29, 1.82) is 0 Å². The number of aromatic nitrogens is 2. The van der Waals surface area contributed by atoms with E-state index in [1.54, 1.807) is 21.6 Å². The first-order chi connectivity index (χ1) is 5.95. The Bertz CT molecular complexity index is 281. The van der Waals surface area contributed by atoms with Gasteiger partial charge in [0, 0.05) is 10.8 Å². The highest BCUT2D eigenvalue weighted by molar-refractivity contribution is 8.76. The van der Waals surface area contributed by atoms with Crippen LogP contribution in [0.25, 0.3) is 0 Å². The first-order valence-electron chi connectivity index (χ1n) is 3.10. The lowest BCUT2D eigenvalue weighted by Gasteiger charge is -1.90. The van der Waals surface area contributed by atoms with Crippen LogP contribution < -0.4 is 0 Å². The molecule has 2 rings (SSSR count). The summed E-state index contributed by atoms with van der Waals surface area (Å²) >= 11 is 2.95. The van der Waals surface area contributed by atoms with Gasteiger partial charge in [-0.05, 0) is 56.8 Å². The molecule has 2 heterocycles. The van der Waals surface area contributed by atoms with E-state index in [9.17, 15) is 0 Å². The molecule has 2 aromatic rings. The molecule has 0 saturated heterocycles. The molecule has 0 bridgehead atoms. The van der Waals surface area contributed by atoms with Gasteiger partial charge in [0.25, 0.3) is 0 Å². The van der Waals surface area contributed by atoms with Crippen molar-refractivity contribution in [3.05, 3.63) is 22.9 Å². The average Bonchev–Trinajstić information content (AvgIpc) is 2.74. The van der Waals surface area contributed by atoms with E-state index in [1.807, 2.05) is 22.9 Å². The molecule has 0 aliphatic heterocycles. The van der Waals surface area contributed by atoms with Crippen molar-refractivity contribution in [1.82, 2.24) is 8.75 Å². The Morgan fingerprint density at radius 2 is 1.42 bits per heavy atom. The smallest absolute Gasteiger partial charge is 0.121 e. The molecule has 6 heteroatoms. The highest BCUT2D eigenvalue weighted by Crippen LogP contribution is 2.35. The summed E-state index contributed by atoms with van der Waals surface area (Å²) in [6, 6.07) is 4.02. The first kappa shape index (κ1) is 8.55. The average molecular weight is 232 g/mol. The second kappa shape index (κ2) is 4.27. The molecule has 0 fully saturated rings. The van der Waals surface area contributed by atoms with Crippen molar-refractivity contribution in [2.45, 2.75) is 10.1 Å². The molecule has 0 spiro atoms. The lowest BCUT2D eigenvalue weighted by Crippen LogP contribution is -1.63. The Balaban J connectivity index is 1.91. The SMILES string of the molecule is c1cc(SSc2ccsn2)ns1. The van der Waals surface area contributed by atoms with Crippen molar-refractivity contribution in [2.75, 3.05) is 0 Å². The molecule has 0 aliphatic carbocycles. The summed E-state index contributed by atoms with van der Waals surface area (Å²) in [4.78, 5) is 0. The van der Waals surface area contributed by atoms with Gasteiger partial charge in [0.05, 0.1) is 0 Å². The van der Waals surface area contributed by atoms with E-state index in [-0.39, 0.29) is 0 Å². The van der Waals surface area contributed by atoms with Crippen molar-refractivity contribution >= 4 is 44.7 Å². The number of hydrogen-bond acceptors (Lipinski definition) is 6. The Hall–Kier alpha value is -0.0400. The Morgan fingerprint density at radius 3 is 1.75 bits per heavy atom. The maximum atomic E-state index is 4.18. The van der Waals surface area contributed by atoms with Gasteiger partial charge in [-0.25, -0.2) is 0 Å². The molecular weight excluding hydrogens is 228 g/mol. The van der Waals surface area contributed by atoms with Crippen LogP contribution in [0.5, 0.6) is 0 Å². The Kier molecular flexibility index (Phi) is 3.04. The molecule has 0 aliphatic rings. The van der Waals surface area contributed by atoms with Gasteiger partial charge in [0.15, 0.2) is 0 Å². The van der Waals surface area contributed by atoms with E-state index in [2.05, 4.69) is 8.75 Å². The van der Waals surface area contributed by atoms with Gasteiger partial charge in [-0.1, -0.05) is 0 Å². The molecule has 0 saturated carbocycles. The molecule has 0 aromatic carbocycles. The van der Waals surface area contributed by atoms with Crippen LogP contribution in [0.15, 0.2) is 32.9 Å². The maximum Gasteiger partial charge on any atom is 0.121 e. The van der Waals surface area contributed by atoms with Crippen LogP contribution in [-0.2, 0) is 0 Å². The van der Waals surface area contributed by atoms with Crippen molar-refractivity contribution in [3.63, 3.8) is 0 Å². The second-order valence-electron chi connectivity index (χ2n) is 1.84. The highest BCUT2D eigenvalue weighted by Gasteiger charge is 1.99. The quantitative estimate of drug-likeness (QED) is 0.758. The Morgan fingerprint density at radius 1 is 0.917 bits per heavy atom. The predicted molar refractivity (Wildman–Crippen MR) is 55.9 cm³/mol. The molecule has 2 aromatic heterocycles. The summed E-state index contributed by atoms with van der Waals surface area (Å²) < 4.78 is 8.35. The van der Waals surface area contributed by atoms with E-state index in [1.165, 1.54) is 23.1 Å². The third-order valence-electron chi connectivity index (χ3n) is 1.04. The standard InChI is InChI=1S/C6H4N2S4/c1-3-9-7-5(1)11-12-6-2-4-10-8-6/h1-4H. The van der Waals surface area contributed by atoms with Gasteiger partial charge >= 0.3 is 0 Å². The van der Waals surface area contributed by atoms with E-state index in [0.29, 0.717) is 0 Å². The number of rotatable bonds is 3. The molecule has 0 unspecified atom stereocenters. The molecule has 0 N–H and O–H groups in total. The van der Waals surface area contributed by atoms with Crippen molar-refractivity contribution in [3.8, 4) is 0 Å². The van der Waals surface area contributed by atoms with Crippen LogP contribution in [0.2, 0.25) is 0 Å². The van der Waals surface area contributed by atoms with Gasteiger partial charge in [-0.3, -0.25) is 0 Å². The topological polar surface area (TPSA) is 25.8 Å². The third-order valence-corrected chi connectivity index (χ3v) is 4.55. The zero-order valence-electron chi connectivity index (χ0n) is 5.84. The highest BCUT2D eigenvalue weighted by atomic mass is 33.1. The van der Waals surface area contributed by atoms with Gasteiger partial charge in [0.1, 0.15) is 10.1 Å². The largest absolute Gasteiger partial charge is 0.185 e. The fraction of sp³-hybridized carbons (Fsp3) is 0. The zero-order chi connectivity index (χ0) is 8.23. The molecule has 0 amide bonds. The molecule has 62 valence electrons. The monoisotopic (exact) mass is 232 g/mol. The second-order valence-corrected chi connectivity index (χ2v) is 5.34. The third kappa shape index (κ3) is 2.22. The summed E-state index contributed by atoms with van der Waals surface area (Å²) in [6.07, 6.45) is 0. The number of hydrogen-bond donors (Lipinski definition) is 0. The fourth-order valence-corrected chi connectivity index (χ4v) is 3.89. The van der Waals surface area contributed by atoms with E-state index in [0.717, 1.165) is 10.1 Å². The van der Waals surface area contributed by atoms with Crippen LogP contribution in [0.4, 0.5) is 0 Å². The summed E-state index contributed by atoms with van der Waals surface area (Å²) in [7, 11) is 3.29. The maximum absolute atomic E-state index is 4.18. The minimum atomic E-state index is 1.05. The number of nitrogens with zero attached hydrogens (tertiary/aromatic N) is 2. The van der Waals surface area contributed by atoms with Crippen molar-refractivity contribution < 1.29 is 0 Å². The van der Waals surface area contributed by atoms with Gasteiger partial charge < -0.3 is 0 Å². The van der Waals surface area contributed by atoms with E-state index < -0.39 is 0 Å². The molecule has 0 radical (unpaired) electrons. The van der Waals surface area contributed by atoms with Crippen molar-refractivity contribution in [2.24, 2.45) is 0 Å². The fourth-order valence-electron chi connectivity index (χ4n) is 0.574. The first-order valence-corrected chi connectivity index (χ1v) is 6.93. The van der Waals surface area contributed by atoms with E-state index in [4.69, 9.17) is 0 Å². The minimum Gasteiger partial charge on any atom is -0.185 e. The van der Waals surface area contributed by atoms with Gasteiger partial charge in [0.2, 0.25) is 0 Å². The summed E-state index contributed by atoms with van der Waals surface area (Å²) in [5, 5.41) is 6.06. The summed E-state index contributed by atoms with van der Waals surface area (Å²) in [6.45, 7) is 0.